The van der Waals surface area contributed by atoms with Crippen LogP contribution in [-0.2, 0) is 0 Å². The van der Waals surface area contributed by atoms with E-state index >= 15 is 0 Å². The third kappa shape index (κ3) is 2.04. The summed E-state index contributed by atoms with van der Waals surface area (Å²) >= 11 is 5.75. The van der Waals surface area contributed by atoms with Crippen molar-refractivity contribution in [3.8, 4) is 22.6 Å². The minimum absolute atomic E-state index is 0.245. The molecule has 0 N–H and O–H groups in total. The van der Waals surface area contributed by atoms with Crippen molar-refractivity contribution in [2.24, 2.45) is 0 Å². The number of furan rings is 1. The molecule has 0 saturated heterocycles. The summed E-state index contributed by atoms with van der Waals surface area (Å²) in [6, 6.07) is 9.72. The van der Waals surface area contributed by atoms with Gasteiger partial charge in [0, 0.05) is 5.56 Å². The van der Waals surface area contributed by atoms with Gasteiger partial charge in [-0.05, 0) is 36.7 Å². The number of nitrogens with zero attached hydrogens (tertiary/aromatic N) is 1. The number of hydrogen-bond acceptors (Lipinski definition) is 3. The Labute approximate surface area is 113 Å². The molecule has 96 valence electrons. The highest BCUT2D eigenvalue weighted by Crippen LogP contribution is 2.36. The highest BCUT2D eigenvalue weighted by atomic mass is 35.5. The summed E-state index contributed by atoms with van der Waals surface area (Å²) in [5.74, 6) is 0.625. The molecular formula is C14H9ClFNO2. The van der Waals surface area contributed by atoms with Crippen LogP contribution in [0.5, 0.6) is 0 Å². The number of aromatic nitrogens is 1. The standard InChI is InChI=1S/C14H9ClFNO2/c1-8-13(9-4-2-3-5-10(9)16)14(17-19-8)11-6-7-12(15)18-11/h2-7H,1H3. The van der Waals surface area contributed by atoms with Crippen molar-refractivity contribution in [1.29, 1.82) is 0 Å². The molecule has 0 atom stereocenters. The molecule has 0 unspecified atom stereocenters. The number of hydrogen-bond donors (Lipinski definition) is 0. The Morgan fingerprint density at radius 1 is 1.16 bits per heavy atom. The molecule has 3 nitrogen and oxygen atoms in total. The zero-order valence-electron chi connectivity index (χ0n) is 9.98. The van der Waals surface area contributed by atoms with Crippen LogP contribution >= 0.6 is 11.6 Å². The first kappa shape index (κ1) is 12.0. The lowest BCUT2D eigenvalue weighted by Crippen LogP contribution is -1.86. The predicted molar refractivity (Wildman–Crippen MR) is 69.3 cm³/mol. The number of halogens is 2. The number of rotatable bonds is 2. The summed E-state index contributed by atoms with van der Waals surface area (Å²) < 4.78 is 24.4. The third-order valence-electron chi connectivity index (χ3n) is 2.81. The van der Waals surface area contributed by atoms with Crippen LogP contribution in [0, 0.1) is 12.7 Å². The molecule has 0 amide bonds. The van der Waals surface area contributed by atoms with Crippen LogP contribution in [0.3, 0.4) is 0 Å². The van der Waals surface area contributed by atoms with Gasteiger partial charge in [-0.25, -0.2) is 4.39 Å². The van der Waals surface area contributed by atoms with Crippen molar-refractivity contribution in [2.45, 2.75) is 6.92 Å². The van der Waals surface area contributed by atoms with E-state index in [9.17, 15) is 4.39 Å². The summed E-state index contributed by atoms with van der Waals surface area (Å²) in [5.41, 5.74) is 1.43. The van der Waals surface area contributed by atoms with Crippen molar-refractivity contribution in [2.75, 3.05) is 0 Å². The average Bonchev–Trinajstić information content (AvgIpc) is 2.96. The summed E-state index contributed by atoms with van der Waals surface area (Å²) in [4.78, 5) is 0. The lowest BCUT2D eigenvalue weighted by Gasteiger charge is -2.02. The highest BCUT2D eigenvalue weighted by Gasteiger charge is 2.21. The van der Waals surface area contributed by atoms with E-state index in [1.807, 2.05) is 0 Å². The molecule has 0 spiro atoms. The van der Waals surface area contributed by atoms with E-state index in [2.05, 4.69) is 5.16 Å². The molecule has 2 aromatic heterocycles. The second-order valence-corrected chi connectivity index (χ2v) is 4.42. The Hall–Kier alpha value is -2.07. The maximum absolute atomic E-state index is 13.9. The largest absolute Gasteiger partial charge is 0.443 e. The van der Waals surface area contributed by atoms with Gasteiger partial charge in [0.05, 0.1) is 5.56 Å². The Morgan fingerprint density at radius 2 is 1.95 bits per heavy atom. The minimum atomic E-state index is -0.340. The summed E-state index contributed by atoms with van der Waals surface area (Å²) in [7, 11) is 0. The SMILES string of the molecule is Cc1onc(-c2ccc(Cl)o2)c1-c1ccccc1F. The van der Waals surface area contributed by atoms with E-state index in [-0.39, 0.29) is 11.0 Å². The molecule has 0 aliphatic heterocycles. The van der Waals surface area contributed by atoms with E-state index in [1.165, 1.54) is 6.07 Å². The first-order valence-corrected chi connectivity index (χ1v) is 6.01. The van der Waals surface area contributed by atoms with Gasteiger partial charge in [0.2, 0.25) is 0 Å². The predicted octanol–water partition coefficient (Wildman–Crippen LogP) is 4.70. The minimum Gasteiger partial charge on any atom is -0.443 e. The van der Waals surface area contributed by atoms with Crippen molar-refractivity contribution in [1.82, 2.24) is 5.16 Å². The second-order valence-electron chi connectivity index (χ2n) is 4.05. The zero-order valence-corrected chi connectivity index (χ0v) is 10.7. The Bertz CT molecular complexity index is 733. The van der Waals surface area contributed by atoms with Gasteiger partial charge >= 0.3 is 0 Å². The van der Waals surface area contributed by atoms with Gasteiger partial charge < -0.3 is 8.94 Å². The molecule has 0 aliphatic carbocycles. The van der Waals surface area contributed by atoms with Crippen molar-refractivity contribution in [3.63, 3.8) is 0 Å². The molecule has 0 saturated carbocycles. The maximum atomic E-state index is 13.9. The topological polar surface area (TPSA) is 39.2 Å². The first-order chi connectivity index (χ1) is 9.16. The first-order valence-electron chi connectivity index (χ1n) is 5.63. The van der Waals surface area contributed by atoms with Crippen LogP contribution in [0.25, 0.3) is 22.6 Å². The van der Waals surface area contributed by atoms with Crippen molar-refractivity contribution >= 4 is 11.6 Å². The van der Waals surface area contributed by atoms with E-state index in [0.717, 1.165) is 0 Å². The molecule has 0 bridgehead atoms. The lowest BCUT2D eigenvalue weighted by atomic mass is 10.0. The van der Waals surface area contributed by atoms with Gasteiger partial charge in [0.1, 0.15) is 11.6 Å². The molecule has 0 fully saturated rings. The molecule has 1 aromatic carbocycles. The quantitative estimate of drug-likeness (QED) is 0.681. The Morgan fingerprint density at radius 3 is 2.63 bits per heavy atom. The van der Waals surface area contributed by atoms with Crippen LogP contribution in [0.15, 0.2) is 45.3 Å². The molecule has 2 heterocycles. The molecule has 3 rings (SSSR count). The fourth-order valence-electron chi connectivity index (χ4n) is 1.96. The zero-order chi connectivity index (χ0) is 13.4. The maximum Gasteiger partial charge on any atom is 0.194 e. The molecule has 19 heavy (non-hydrogen) atoms. The van der Waals surface area contributed by atoms with Crippen LogP contribution in [0.1, 0.15) is 5.76 Å². The second kappa shape index (κ2) is 4.55. The molecule has 5 heteroatoms. The van der Waals surface area contributed by atoms with Gasteiger partial charge in [-0.15, -0.1) is 0 Å². The van der Waals surface area contributed by atoms with Gasteiger partial charge in [0.15, 0.2) is 16.7 Å². The van der Waals surface area contributed by atoms with E-state index in [4.69, 9.17) is 20.5 Å². The number of aryl methyl sites for hydroxylation is 1. The molecular weight excluding hydrogens is 269 g/mol. The van der Waals surface area contributed by atoms with E-state index < -0.39 is 0 Å². The van der Waals surface area contributed by atoms with E-state index in [1.54, 1.807) is 37.3 Å². The smallest absolute Gasteiger partial charge is 0.194 e. The molecule has 0 aliphatic rings. The monoisotopic (exact) mass is 277 g/mol. The van der Waals surface area contributed by atoms with Crippen LogP contribution in [-0.4, -0.2) is 5.16 Å². The van der Waals surface area contributed by atoms with Gasteiger partial charge in [-0.1, -0.05) is 23.4 Å². The van der Waals surface area contributed by atoms with Gasteiger partial charge in [0.25, 0.3) is 0 Å². The molecule has 3 aromatic rings. The third-order valence-corrected chi connectivity index (χ3v) is 3.02. The highest BCUT2D eigenvalue weighted by molar-refractivity contribution is 6.29. The summed E-state index contributed by atoms with van der Waals surface area (Å²) in [6.07, 6.45) is 0. The average molecular weight is 278 g/mol. The van der Waals surface area contributed by atoms with Crippen LogP contribution < -0.4 is 0 Å². The van der Waals surface area contributed by atoms with Crippen molar-refractivity contribution < 1.29 is 13.3 Å². The van der Waals surface area contributed by atoms with E-state index in [0.29, 0.717) is 28.3 Å². The Balaban J connectivity index is 2.22. The van der Waals surface area contributed by atoms with Gasteiger partial charge in [-0.3, -0.25) is 0 Å². The number of benzene rings is 1. The van der Waals surface area contributed by atoms with Gasteiger partial charge in [-0.2, -0.15) is 0 Å². The Kier molecular flexibility index (Phi) is 2.87. The molecule has 0 radical (unpaired) electrons. The fourth-order valence-corrected chi connectivity index (χ4v) is 2.11. The fraction of sp³-hybridized carbons (Fsp3) is 0.0714. The van der Waals surface area contributed by atoms with Crippen molar-refractivity contribution in [3.05, 3.63) is 53.2 Å². The van der Waals surface area contributed by atoms with Crippen LogP contribution in [0.2, 0.25) is 5.22 Å². The summed E-state index contributed by atoms with van der Waals surface area (Å²) in [6.45, 7) is 1.73. The normalized spacial score (nSPS) is 10.9. The lowest BCUT2D eigenvalue weighted by molar-refractivity contribution is 0.398. The van der Waals surface area contributed by atoms with Crippen LogP contribution in [0.4, 0.5) is 4.39 Å². The summed E-state index contributed by atoms with van der Waals surface area (Å²) in [5, 5.41) is 4.17.